The second-order valence-corrected chi connectivity index (χ2v) is 9.40. The van der Waals surface area contributed by atoms with Gasteiger partial charge in [-0.25, -0.2) is 0 Å². The third-order valence-corrected chi connectivity index (χ3v) is 6.86. The van der Waals surface area contributed by atoms with Crippen molar-refractivity contribution in [2.24, 2.45) is 0 Å². The van der Waals surface area contributed by atoms with Crippen molar-refractivity contribution < 1.29 is 23.2 Å². The van der Waals surface area contributed by atoms with Crippen LogP contribution in [0.4, 0.5) is 0 Å². The molecule has 3 N–H and O–H groups in total. The van der Waals surface area contributed by atoms with Crippen LogP contribution in [-0.4, -0.2) is 23.2 Å². The van der Waals surface area contributed by atoms with Crippen LogP contribution in [0.2, 0.25) is 20.1 Å². The molecule has 0 fully saturated rings. The van der Waals surface area contributed by atoms with Gasteiger partial charge in [-0.2, -0.15) is 8.42 Å². The number of hydrogen-bond donors (Lipinski definition) is 3. The second-order valence-electron chi connectivity index (χ2n) is 6.15. The largest absolute Gasteiger partial charge is 0.508 e. The van der Waals surface area contributed by atoms with Crippen molar-refractivity contribution in [1.29, 1.82) is 0 Å². The minimum atomic E-state index is -5.06. The summed E-state index contributed by atoms with van der Waals surface area (Å²) < 4.78 is 34.0. The Morgan fingerprint density at radius 3 is 2.00 bits per heavy atom. The fraction of sp³-hybridized carbons (Fsp3) is 0.0526. The number of halogens is 4. The van der Waals surface area contributed by atoms with Crippen LogP contribution in [0.3, 0.4) is 0 Å². The summed E-state index contributed by atoms with van der Waals surface area (Å²) >= 11 is 24.3. The van der Waals surface area contributed by atoms with Crippen LogP contribution in [0.5, 0.6) is 11.5 Å². The minimum Gasteiger partial charge on any atom is -0.508 e. The van der Waals surface area contributed by atoms with Gasteiger partial charge in [0.2, 0.25) is 0 Å². The van der Waals surface area contributed by atoms with Crippen LogP contribution in [0, 0.1) is 0 Å². The van der Waals surface area contributed by atoms with Gasteiger partial charge in [-0.1, -0.05) is 58.5 Å². The van der Waals surface area contributed by atoms with Crippen molar-refractivity contribution in [3.05, 3.63) is 91.4 Å². The zero-order valence-electron chi connectivity index (χ0n) is 14.3. The lowest BCUT2D eigenvalue weighted by molar-refractivity contribution is 0.455. The molecule has 0 saturated heterocycles. The van der Waals surface area contributed by atoms with Gasteiger partial charge in [-0.15, -0.1) is 0 Å². The summed E-state index contributed by atoms with van der Waals surface area (Å²) in [4.78, 5) is 0. The van der Waals surface area contributed by atoms with E-state index in [1.165, 1.54) is 36.4 Å². The summed E-state index contributed by atoms with van der Waals surface area (Å²) in [5, 5.41) is 20.1. The zero-order chi connectivity index (χ0) is 21.6. The highest BCUT2D eigenvalue weighted by Gasteiger charge is 2.50. The molecular weight excluding hydrogens is 482 g/mol. The molecule has 10 heteroatoms. The van der Waals surface area contributed by atoms with Gasteiger partial charge in [0, 0.05) is 20.6 Å². The molecular formula is C19H12Cl4O5S. The van der Waals surface area contributed by atoms with Gasteiger partial charge < -0.3 is 10.2 Å². The molecule has 29 heavy (non-hydrogen) atoms. The Morgan fingerprint density at radius 1 is 0.759 bits per heavy atom. The molecule has 0 spiro atoms. The van der Waals surface area contributed by atoms with Crippen LogP contribution in [0.1, 0.15) is 16.7 Å². The van der Waals surface area contributed by atoms with E-state index in [-0.39, 0.29) is 42.5 Å². The SMILES string of the molecule is O=S(=O)(O)C(c1cccc(Cl)c1)(c1cc(O)cc(Cl)c1)c1cc(O)c(Cl)cc1Cl. The van der Waals surface area contributed by atoms with E-state index in [0.717, 1.165) is 18.2 Å². The van der Waals surface area contributed by atoms with Crippen LogP contribution >= 0.6 is 46.4 Å². The Morgan fingerprint density at radius 2 is 1.41 bits per heavy atom. The number of phenolic OH excluding ortho intramolecular Hbond substituents is 2. The second kappa shape index (κ2) is 7.87. The molecule has 0 aliphatic rings. The van der Waals surface area contributed by atoms with Crippen LogP contribution in [0.25, 0.3) is 0 Å². The van der Waals surface area contributed by atoms with Crippen molar-refractivity contribution in [3.8, 4) is 11.5 Å². The maximum absolute atomic E-state index is 13.0. The molecule has 3 aromatic carbocycles. The Hall–Kier alpha value is -1.67. The molecule has 0 bridgehead atoms. The summed E-state index contributed by atoms with van der Waals surface area (Å²) in [6, 6.07) is 11.4. The van der Waals surface area contributed by atoms with Crippen molar-refractivity contribution in [2.75, 3.05) is 0 Å². The first-order valence-corrected chi connectivity index (χ1v) is 10.8. The first-order chi connectivity index (χ1) is 13.5. The maximum atomic E-state index is 13.0. The molecule has 1 unspecified atom stereocenters. The Bertz CT molecular complexity index is 1190. The average Bonchev–Trinajstić information content (AvgIpc) is 2.58. The summed E-state index contributed by atoms with van der Waals surface area (Å²) in [5.74, 6) is -0.816. The number of rotatable bonds is 4. The monoisotopic (exact) mass is 492 g/mol. The molecule has 0 amide bonds. The number of phenols is 2. The van der Waals surface area contributed by atoms with E-state index in [4.69, 9.17) is 46.4 Å². The number of hydrogen-bond acceptors (Lipinski definition) is 4. The van der Waals surface area contributed by atoms with Gasteiger partial charge >= 0.3 is 0 Å². The Kier molecular flexibility index (Phi) is 5.98. The molecule has 0 radical (unpaired) electrons. The van der Waals surface area contributed by atoms with Gasteiger partial charge in [-0.3, -0.25) is 4.55 Å². The molecule has 3 aromatic rings. The highest BCUT2D eigenvalue weighted by molar-refractivity contribution is 7.87. The molecule has 0 aliphatic carbocycles. The van der Waals surface area contributed by atoms with E-state index < -0.39 is 20.6 Å². The summed E-state index contributed by atoms with van der Waals surface area (Å²) in [5.41, 5.74) is -0.346. The van der Waals surface area contributed by atoms with Crippen LogP contribution in [0.15, 0.2) is 54.6 Å². The topological polar surface area (TPSA) is 94.8 Å². The molecule has 1 atom stereocenters. The van der Waals surface area contributed by atoms with Gasteiger partial charge in [0.1, 0.15) is 11.5 Å². The lowest BCUT2D eigenvalue weighted by Gasteiger charge is -2.33. The highest BCUT2D eigenvalue weighted by atomic mass is 35.5. The number of aromatic hydroxyl groups is 2. The van der Waals surface area contributed by atoms with Crippen molar-refractivity contribution in [1.82, 2.24) is 0 Å². The maximum Gasteiger partial charge on any atom is 0.283 e. The standard InChI is InChI=1S/C19H12Cl4O5S/c20-12-3-1-2-10(4-12)19(29(26,27)28,11-5-13(21)7-14(24)6-11)15-8-18(25)17(23)9-16(15)22/h1-9,24-25H,(H,26,27,28). The number of benzene rings is 3. The smallest absolute Gasteiger partial charge is 0.283 e. The fourth-order valence-corrected chi connectivity index (χ4v) is 5.49. The first kappa shape index (κ1) is 22.0. The normalized spacial score (nSPS) is 13.8. The van der Waals surface area contributed by atoms with E-state index in [1.807, 2.05) is 0 Å². The van der Waals surface area contributed by atoms with E-state index in [1.54, 1.807) is 0 Å². The Balaban J connectivity index is 2.60. The van der Waals surface area contributed by atoms with E-state index in [0.29, 0.717) is 0 Å². The molecule has 0 aromatic heterocycles. The zero-order valence-corrected chi connectivity index (χ0v) is 18.1. The third-order valence-electron chi connectivity index (χ3n) is 4.32. The van der Waals surface area contributed by atoms with Crippen LogP contribution < -0.4 is 0 Å². The Labute approximate surface area is 186 Å². The van der Waals surface area contributed by atoms with E-state index in [9.17, 15) is 23.2 Å². The molecule has 0 heterocycles. The fourth-order valence-electron chi connectivity index (χ4n) is 3.21. The quantitative estimate of drug-likeness (QED) is 0.311. The summed E-state index contributed by atoms with van der Waals surface area (Å²) in [6.07, 6.45) is 0. The lowest BCUT2D eigenvalue weighted by atomic mass is 9.83. The molecule has 0 aliphatic heterocycles. The molecule has 3 rings (SSSR count). The van der Waals surface area contributed by atoms with E-state index in [2.05, 4.69) is 0 Å². The summed E-state index contributed by atoms with van der Waals surface area (Å²) in [6.45, 7) is 0. The highest BCUT2D eigenvalue weighted by Crippen LogP contribution is 2.49. The van der Waals surface area contributed by atoms with Crippen molar-refractivity contribution in [3.63, 3.8) is 0 Å². The molecule has 152 valence electrons. The van der Waals surface area contributed by atoms with Crippen molar-refractivity contribution in [2.45, 2.75) is 4.75 Å². The molecule has 5 nitrogen and oxygen atoms in total. The average molecular weight is 494 g/mol. The van der Waals surface area contributed by atoms with Crippen molar-refractivity contribution >= 4 is 56.5 Å². The molecule has 0 saturated carbocycles. The van der Waals surface area contributed by atoms with Gasteiger partial charge in [0.05, 0.1) is 5.02 Å². The van der Waals surface area contributed by atoms with E-state index >= 15 is 0 Å². The predicted molar refractivity (Wildman–Crippen MR) is 114 cm³/mol. The summed E-state index contributed by atoms with van der Waals surface area (Å²) in [7, 11) is -5.06. The van der Waals surface area contributed by atoms with Gasteiger partial charge in [0.15, 0.2) is 4.75 Å². The van der Waals surface area contributed by atoms with Gasteiger partial charge in [0.25, 0.3) is 10.1 Å². The third kappa shape index (κ3) is 3.89. The van der Waals surface area contributed by atoms with Crippen LogP contribution in [-0.2, 0) is 14.9 Å². The predicted octanol–water partition coefficient (Wildman–Crippen LogP) is 5.89. The van der Waals surface area contributed by atoms with Gasteiger partial charge in [-0.05, 0) is 53.6 Å². The lowest BCUT2D eigenvalue weighted by Crippen LogP contribution is -2.38. The minimum absolute atomic E-state index is 0.00205. The first-order valence-electron chi connectivity index (χ1n) is 7.88.